The Bertz CT molecular complexity index is 717. The highest BCUT2D eigenvalue weighted by Gasteiger charge is 2.18. The Morgan fingerprint density at radius 2 is 2.20 bits per heavy atom. The number of hydrogen-bond donors (Lipinski definition) is 2. The van der Waals surface area contributed by atoms with Crippen LogP contribution in [0.3, 0.4) is 0 Å². The minimum atomic E-state index is -3.96. The van der Waals surface area contributed by atoms with Gasteiger partial charge in [0.15, 0.2) is 0 Å². The molecule has 0 amide bonds. The average molecular weight is 320 g/mol. The fourth-order valence-electron chi connectivity index (χ4n) is 1.49. The van der Waals surface area contributed by atoms with E-state index in [1.54, 1.807) is 0 Å². The number of halogens is 2. The molecular formula is C11H11ClFN3O3S. The minimum Gasteiger partial charge on any atom is -0.394 e. The van der Waals surface area contributed by atoms with Crippen molar-refractivity contribution in [2.75, 3.05) is 11.3 Å². The molecule has 0 atom stereocenters. The van der Waals surface area contributed by atoms with E-state index < -0.39 is 15.8 Å². The lowest BCUT2D eigenvalue weighted by Gasteiger charge is -2.07. The molecule has 1 aromatic heterocycles. The van der Waals surface area contributed by atoms with E-state index in [-0.39, 0.29) is 28.8 Å². The Morgan fingerprint density at radius 1 is 1.45 bits per heavy atom. The van der Waals surface area contributed by atoms with Crippen LogP contribution < -0.4 is 4.72 Å². The number of benzene rings is 1. The maximum Gasteiger partial charge on any atom is 0.265 e. The van der Waals surface area contributed by atoms with Crippen LogP contribution in [-0.2, 0) is 16.6 Å². The molecule has 0 unspecified atom stereocenters. The Labute approximate surface area is 119 Å². The second kappa shape index (κ2) is 5.78. The molecule has 1 aromatic carbocycles. The predicted octanol–water partition coefficient (Wildman–Crippen LogP) is 1.47. The molecule has 0 fully saturated rings. The lowest BCUT2D eigenvalue weighted by Crippen LogP contribution is -2.13. The second-order valence-electron chi connectivity index (χ2n) is 3.89. The highest BCUT2D eigenvalue weighted by atomic mass is 35.5. The van der Waals surface area contributed by atoms with E-state index in [1.165, 1.54) is 23.0 Å². The highest BCUT2D eigenvalue weighted by molar-refractivity contribution is 7.92. The zero-order chi connectivity index (χ0) is 14.8. The summed E-state index contributed by atoms with van der Waals surface area (Å²) in [5.74, 6) is -0.735. The fourth-order valence-corrected chi connectivity index (χ4v) is 2.67. The molecule has 2 N–H and O–H groups in total. The van der Waals surface area contributed by atoms with E-state index >= 15 is 0 Å². The molecular weight excluding hydrogens is 309 g/mol. The normalized spacial score (nSPS) is 11.6. The lowest BCUT2D eigenvalue weighted by molar-refractivity contribution is 0.269. The van der Waals surface area contributed by atoms with Crippen LogP contribution in [0.1, 0.15) is 0 Å². The molecule has 2 rings (SSSR count). The van der Waals surface area contributed by atoms with Crippen LogP contribution >= 0.6 is 11.6 Å². The average Bonchev–Trinajstić information content (AvgIpc) is 2.83. The van der Waals surface area contributed by atoms with E-state index in [2.05, 4.69) is 9.82 Å². The molecule has 0 aliphatic carbocycles. The van der Waals surface area contributed by atoms with Gasteiger partial charge in [-0.2, -0.15) is 5.10 Å². The van der Waals surface area contributed by atoms with Crippen LogP contribution in [0.2, 0.25) is 5.02 Å². The third-order valence-electron chi connectivity index (χ3n) is 2.42. The van der Waals surface area contributed by atoms with Gasteiger partial charge in [-0.1, -0.05) is 11.6 Å². The number of aliphatic hydroxyl groups is 1. The summed E-state index contributed by atoms with van der Waals surface area (Å²) >= 11 is 5.69. The van der Waals surface area contributed by atoms with Gasteiger partial charge in [0.1, 0.15) is 10.7 Å². The van der Waals surface area contributed by atoms with E-state index in [0.29, 0.717) is 0 Å². The summed E-state index contributed by atoms with van der Waals surface area (Å²) < 4.78 is 41.0. The largest absolute Gasteiger partial charge is 0.394 e. The molecule has 0 radical (unpaired) electrons. The van der Waals surface area contributed by atoms with Crippen molar-refractivity contribution in [3.63, 3.8) is 0 Å². The number of anilines is 1. The number of rotatable bonds is 5. The van der Waals surface area contributed by atoms with Gasteiger partial charge in [-0.15, -0.1) is 0 Å². The summed E-state index contributed by atoms with van der Waals surface area (Å²) in [6.45, 7) is -0.00142. The summed E-state index contributed by atoms with van der Waals surface area (Å²) in [5, 5.41) is 12.7. The molecule has 0 saturated carbocycles. The molecule has 9 heteroatoms. The summed E-state index contributed by atoms with van der Waals surface area (Å²) in [6.07, 6.45) is 2.35. The molecule has 6 nitrogen and oxygen atoms in total. The van der Waals surface area contributed by atoms with Crippen molar-refractivity contribution in [1.82, 2.24) is 9.78 Å². The van der Waals surface area contributed by atoms with Crippen molar-refractivity contribution in [3.05, 3.63) is 41.4 Å². The third kappa shape index (κ3) is 3.27. The first-order valence-corrected chi connectivity index (χ1v) is 7.39. The first-order valence-electron chi connectivity index (χ1n) is 5.53. The first kappa shape index (κ1) is 14.8. The summed E-state index contributed by atoms with van der Waals surface area (Å²) in [7, 11) is -3.96. The van der Waals surface area contributed by atoms with Crippen molar-refractivity contribution in [1.29, 1.82) is 0 Å². The number of aliphatic hydroxyl groups excluding tert-OH is 1. The lowest BCUT2D eigenvalue weighted by atomic mass is 10.3. The standard InChI is InChI=1S/C11H11ClFN3O3S/c12-8-1-2-10(13)11(5-8)15-20(18,19)9-6-14-16(7-9)3-4-17/h1-2,5-7,15,17H,3-4H2. The van der Waals surface area contributed by atoms with Gasteiger partial charge in [-0.3, -0.25) is 9.40 Å². The van der Waals surface area contributed by atoms with Gasteiger partial charge in [0.05, 0.1) is 25.0 Å². The molecule has 0 saturated heterocycles. The van der Waals surface area contributed by atoms with Gasteiger partial charge in [0.25, 0.3) is 10.0 Å². The van der Waals surface area contributed by atoms with Gasteiger partial charge in [-0.25, -0.2) is 12.8 Å². The number of nitrogens with zero attached hydrogens (tertiary/aromatic N) is 2. The molecule has 1 heterocycles. The van der Waals surface area contributed by atoms with Gasteiger partial charge in [-0.05, 0) is 18.2 Å². The smallest absolute Gasteiger partial charge is 0.265 e. The van der Waals surface area contributed by atoms with Crippen LogP contribution in [0.5, 0.6) is 0 Å². The van der Waals surface area contributed by atoms with Crippen LogP contribution in [-0.4, -0.2) is 29.9 Å². The van der Waals surface area contributed by atoms with Crippen molar-refractivity contribution >= 4 is 27.3 Å². The topological polar surface area (TPSA) is 84.2 Å². The molecule has 0 aliphatic rings. The molecule has 0 bridgehead atoms. The molecule has 0 spiro atoms. The van der Waals surface area contributed by atoms with E-state index in [4.69, 9.17) is 16.7 Å². The molecule has 2 aromatic rings. The number of sulfonamides is 1. The Balaban J connectivity index is 2.28. The van der Waals surface area contributed by atoms with E-state index in [1.807, 2.05) is 0 Å². The van der Waals surface area contributed by atoms with Crippen LogP contribution in [0.4, 0.5) is 10.1 Å². The van der Waals surface area contributed by atoms with Gasteiger partial charge < -0.3 is 5.11 Å². The quantitative estimate of drug-likeness (QED) is 0.874. The monoisotopic (exact) mass is 319 g/mol. The highest BCUT2D eigenvalue weighted by Crippen LogP contribution is 2.22. The summed E-state index contributed by atoms with van der Waals surface area (Å²) in [5.41, 5.74) is -0.243. The maximum absolute atomic E-state index is 13.5. The van der Waals surface area contributed by atoms with Gasteiger partial charge in [0, 0.05) is 11.2 Å². The van der Waals surface area contributed by atoms with Crippen molar-refractivity contribution in [2.24, 2.45) is 0 Å². The number of aromatic nitrogens is 2. The van der Waals surface area contributed by atoms with Crippen LogP contribution in [0, 0.1) is 5.82 Å². The molecule has 108 valence electrons. The SMILES string of the molecule is O=S(=O)(Nc1cc(Cl)ccc1F)c1cnn(CCO)c1. The minimum absolute atomic E-state index is 0.134. The van der Waals surface area contributed by atoms with E-state index in [0.717, 1.165) is 12.3 Å². The predicted molar refractivity (Wildman–Crippen MR) is 71.5 cm³/mol. The Morgan fingerprint density at radius 3 is 2.90 bits per heavy atom. The Hall–Kier alpha value is -1.64. The van der Waals surface area contributed by atoms with Crippen molar-refractivity contribution in [3.8, 4) is 0 Å². The van der Waals surface area contributed by atoms with Gasteiger partial charge >= 0.3 is 0 Å². The van der Waals surface area contributed by atoms with Crippen LogP contribution in [0.15, 0.2) is 35.5 Å². The van der Waals surface area contributed by atoms with Crippen molar-refractivity contribution < 1.29 is 17.9 Å². The summed E-state index contributed by atoms with van der Waals surface area (Å²) in [6, 6.07) is 3.55. The fraction of sp³-hybridized carbons (Fsp3) is 0.182. The van der Waals surface area contributed by atoms with Crippen LogP contribution in [0.25, 0.3) is 0 Å². The van der Waals surface area contributed by atoms with Gasteiger partial charge in [0.2, 0.25) is 0 Å². The maximum atomic E-state index is 13.5. The second-order valence-corrected chi connectivity index (χ2v) is 6.01. The number of nitrogens with one attached hydrogen (secondary N) is 1. The third-order valence-corrected chi connectivity index (χ3v) is 3.98. The molecule has 20 heavy (non-hydrogen) atoms. The number of hydrogen-bond acceptors (Lipinski definition) is 4. The Kier molecular flexibility index (Phi) is 4.26. The zero-order valence-electron chi connectivity index (χ0n) is 10.1. The van der Waals surface area contributed by atoms with E-state index in [9.17, 15) is 12.8 Å². The zero-order valence-corrected chi connectivity index (χ0v) is 11.7. The summed E-state index contributed by atoms with van der Waals surface area (Å²) in [4.78, 5) is -0.134. The van der Waals surface area contributed by atoms with Crippen molar-refractivity contribution in [2.45, 2.75) is 11.4 Å². The molecule has 0 aliphatic heterocycles. The first-order chi connectivity index (χ1) is 9.42.